The molecule has 66 valence electrons. The van der Waals surface area contributed by atoms with Crippen molar-refractivity contribution >= 4 is 0 Å². The van der Waals surface area contributed by atoms with Crippen LogP contribution in [-0.4, -0.2) is 35.2 Å². The molecule has 0 aromatic carbocycles. The standard InChI is InChI=1S/C9H19NO/c1-3-10(4-2)9(8-11)6-5-7-9/h11H,3-8H2,1-2H3. The molecule has 0 spiro atoms. The Bertz CT molecular complexity index is 111. The van der Waals surface area contributed by atoms with Crippen LogP contribution in [0, 0.1) is 0 Å². The fourth-order valence-corrected chi connectivity index (χ4v) is 2.05. The van der Waals surface area contributed by atoms with Crippen molar-refractivity contribution in [1.29, 1.82) is 0 Å². The second-order valence-electron chi connectivity index (χ2n) is 3.41. The van der Waals surface area contributed by atoms with Gasteiger partial charge >= 0.3 is 0 Å². The molecule has 0 bridgehead atoms. The van der Waals surface area contributed by atoms with Gasteiger partial charge in [-0.2, -0.15) is 0 Å². The summed E-state index contributed by atoms with van der Waals surface area (Å²) in [6, 6.07) is 0. The van der Waals surface area contributed by atoms with E-state index in [4.69, 9.17) is 0 Å². The maximum Gasteiger partial charge on any atom is 0.0615 e. The molecule has 0 unspecified atom stereocenters. The molecular weight excluding hydrogens is 138 g/mol. The van der Waals surface area contributed by atoms with Crippen LogP contribution in [0.4, 0.5) is 0 Å². The highest BCUT2D eigenvalue weighted by Crippen LogP contribution is 2.36. The zero-order chi connectivity index (χ0) is 8.32. The summed E-state index contributed by atoms with van der Waals surface area (Å²) < 4.78 is 0. The van der Waals surface area contributed by atoms with Crippen LogP contribution in [0.2, 0.25) is 0 Å². The summed E-state index contributed by atoms with van der Waals surface area (Å²) in [5.41, 5.74) is 0.170. The molecule has 0 aromatic rings. The Morgan fingerprint density at radius 3 is 1.91 bits per heavy atom. The quantitative estimate of drug-likeness (QED) is 0.663. The molecule has 0 atom stereocenters. The van der Waals surface area contributed by atoms with Gasteiger partial charge in [0.15, 0.2) is 0 Å². The van der Waals surface area contributed by atoms with Gasteiger partial charge in [-0.3, -0.25) is 4.90 Å². The second kappa shape index (κ2) is 3.55. The molecule has 0 aromatic heterocycles. The Hall–Kier alpha value is -0.0800. The smallest absolute Gasteiger partial charge is 0.0615 e. The third-order valence-electron chi connectivity index (χ3n) is 3.01. The zero-order valence-corrected chi connectivity index (χ0v) is 7.64. The number of rotatable bonds is 4. The van der Waals surface area contributed by atoms with Gasteiger partial charge < -0.3 is 5.11 Å². The van der Waals surface area contributed by atoms with Crippen molar-refractivity contribution in [2.75, 3.05) is 19.7 Å². The molecule has 0 amide bonds. The minimum absolute atomic E-state index is 0.170. The van der Waals surface area contributed by atoms with Gasteiger partial charge in [0, 0.05) is 5.54 Å². The fraction of sp³-hybridized carbons (Fsp3) is 1.00. The van der Waals surface area contributed by atoms with Crippen molar-refractivity contribution < 1.29 is 5.11 Å². The summed E-state index contributed by atoms with van der Waals surface area (Å²) in [5.74, 6) is 0. The van der Waals surface area contributed by atoms with Gasteiger partial charge in [-0.25, -0.2) is 0 Å². The van der Waals surface area contributed by atoms with Gasteiger partial charge in [0.05, 0.1) is 6.61 Å². The number of aliphatic hydroxyl groups is 1. The van der Waals surface area contributed by atoms with Crippen LogP contribution in [0.3, 0.4) is 0 Å². The maximum atomic E-state index is 9.23. The molecule has 2 nitrogen and oxygen atoms in total. The predicted octanol–water partition coefficient (Wildman–Crippen LogP) is 1.24. The lowest BCUT2D eigenvalue weighted by Crippen LogP contribution is -2.56. The number of hydrogen-bond donors (Lipinski definition) is 1. The van der Waals surface area contributed by atoms with Crippen molar-refractivity contribution in [3.05, 3.63) is 0 Å². The molecule has 11 heavy (non-hydrogen) atoms. The Morgan fingerprint density at radius 2 is 1.82 bits per heavy atom. The van der Waals surface area contributed by atoms with Crippen molar-refractivity contribution in [3.63, 3.8) is 0 Å². The summed E-state index contributed by atoms with van der Waals surface area (Å²) in [7, 11) is 0. The summed E-state index contributed by atoms with van der Waals surface area (Å²) >= 11 is 0. The lowest BCUT2D eigenvalue weighted by molar-refractivity contribution is -0.0229. The number of hydrogen-bond acceptors (Lipinski definition) is 2. The average molecular weight is 157 g/mol. The maximum absolute atomic E-state index is 9.23. The van der Waals surface area contributed by atoms with E-state index in [1.165, 1.54) is 19.3 Å². The van der Waals surface area contributed by atoms with E-state index < -0.39 is 0 Å². The fourth-order valence-electron chi connectivity index (χ4n) is 2.05. The van der Waals surface area contributed by atoms with Crippen molar-refractivity contribution in [2.45, 2.75) is 38.6 Å². The third-order valence-corrected chi connectivity index (χ3v) is 3.01. The molecule has 1 N–H and O–H groups in total. The van der Waals surface area contributed by atoms with Gasteiger partial charge in [0.2, 0.25) is 0 Å². The average Bonchev–Trinajstić information content (AvgIpc) is 1.96. The normalized spacial score (nSPS) is 21.8. The molecule has 1 saturated carbocycles. The number of aliphatic hydroxyl groups excluding tert-OH is 1. The molecular formula is C9H19NO. The summed E-state index contributed by atoms with van der Waals surface area (Å²) in [6.45, 7) is 6.81. The molecule has 1 aliphatic carbocycles. The number of likely N-dealkylation sites (N-methyl/N-ethyl adjacent to an activating group) is 1. The van der Waals surface area contributed by atoms with E-state index in [0.29, 0.717) is 6.61 Å². The topological polar surface area (TPSA) is 23.5 Å². The highest BCUT2D eigenvalue weighted by molar-refractivity contribution is 4.96. The lowest BCUT2D eigenvalue weighted by atomic mass is 9.76. The van der Waals surface area contributed by atoms with Crippen LogP contribution >= 0.6 is 0 Å². The van der Waals surface area contributed by atoms with E-state index >= 15 is 0 Å². The molecule has 1 fully saturated rings. The van der Waals surface area contributed by atoms with Crippen LogP contribution in [-0.2, 0) is 0 Å². The predicted molar refractivity (Wildman–Crippen MR) is 46.6 cm³/mol. The first-order valence-corrected chi connectivity index (χ1v) is 4.65. The van der Waals surface area contributed by atoms with Gasteiger partial charge in [-0.1, -0.05) is 13.8 Å². The second-order valence-corrected chi connectivity index (χ2v) is 3.41. The molecule has 0 saturated heterocycles. The first-order valence-electron chi connectivity index (χ1n) is 4.65. The summed E-state index contributed by atoms with van der Waals surface area (Å²) in [4.78, 5) is 2.39. The molecule has 1 rings (SSSR count). The highest BCUT2D eigenvalue weighted by atomic mass is 16.3. The van der Waals surface area contributed by atoms with Gasteiger partial charge in [-0.05, 0) is 32.4 Å². The van der Waals surface area contributed by atoms with Crippen LogP contribution in [0.15, 0.2) is 0 Å². The summed E-state index contributed by atoms with van der Waals surface area (Å²) in [5, 5.41) is 9.23. The van der Waals surface area contributed by atoms with E-state index in [-0.39, 0.29) is 5.54 Å². The van der Waals surface area contributed by atoms with E-state index in [0.717, 1.165) is 13.1 Å². The molecule has 2 heteroatoms. The zero-order valence-electron chi connectivity index (χ0n) is 7.64. The third kappa shape index (κ3) is 1.42. The van der Waals surface area contributed by atoms with Crippen LogP contribution in [0.1, 0.15) is 33.1 Å². The van der Waals surface area contributed by atoms with Crippen molar-refractivity contribution in [2.24, 2.45) is 0 Å². The van der Waals surface area contributed by atoms with Crippen LogP contribution in [0.5, 0.6) is 0 Å². The Kier molecular flexibility index (Phi) is 2.90. The number of nitrogens with zero attached hydrogens (tertiary/aromatic N) is 1. The Balaban J connectivity index is 2.51. The van der Waals surface area contributed by atoms with E-state index in [1.54, 1.807) is 0 Å². The Labute approximate surface area is 69.2 Å². The minimum atomic E-state index is 0.170. The van der Waals surface area contributed by atoms with Gasteiger partial charge in [-0.15, -0.1) is 0 Å². The SMILES string of the molecule is CCN(CC)C1(CO)CCC1. The molecule has 0 radical (unpaired) electrons. The van der Waals surface area contributed by atoms with E-state index in [1.807, 2.05) is 0 Å². The van der Waals surface area contributed by atoms with Crippen LogP contribution < -0.4 is 0 Å². The minimum Gasteiger partial charge on any atom is -0.394 e. The molecule has 0 aliphatic heterocycles. The first-order chi connectivity index (χ1) is 5.29. The Morgan fingerprint density at radius 1 is 1.27 bits per heavy atom. The van der Waals surface area contributed by atoms with E-state index in [2.05, 4.69) is 18.7 Å². The van der Waals surface area contributed by atoms with Crippen molar-refractivity contribution in [3.8, 4) is 0 Å². The monoisotopic (exact) mass is 157 g/mol. The lowest BCUT2D eigenvalue weighted by Gasteiger charge is -2.48. The van der Waals surface area contributed by atoms with E-state index in [9.17, 15) is 5.11 Å². The van der Waals surface area contributed by atoms with Crippen LogP contribution in [0.25, 0.3) is 0 Å². The largest absolute Gasteiger partial charge is 0.394 e. The first kappa shape index (κ1) is 9.01. The summed E-state index contributed by atoms with van der Waals surface area (Å²) in [6.07, 6.45) is 3.66. The highest BCUT2D eigenvalue weighted by Gasteiger charge is 2.40. The molecule has 0 heterocycles. The molecule has 1 aliphatic rings. The van der Waals surface area contributed by atoms with Crippen molar-refractivity contribution in [1.82, 2.24) is 4.90 Å². The van der Waals surface area contributed by atoms with Gasteiger partial charge in [0.1, 0.15) is 0 Å². The van der Waals surface area contributed by atoms with Gasteiger partial charge in [0.25, 0.3) is 0 Å².